The molecule has 0 amide bonds. The van der Waals surface area contributed by atoms with Gasteiger partial charge in [-0.3, -0.25) is 0 Å². The van der Waals surface area contributed by atoms with Gasteiger partial charge >= 0.3 is 5.97 Å². The zero-order chi connectivity index (χ0) is 42.2. The maximum Gasteiger partial charge on any atom is 0.331 e. The number of aliphatic hydroxyl groups excluding tert-OH is 4. The largest absolute Gasteiger partial charge is 0.456 e. The molecule has 57 heavy (non-hydrogen) atoms. The van der Waals surface area contributed by atoms with Gasteiger partial charge in [-0.1, -0.05) is 82.4 Å². The summed E-state index contributed by atoms with van der Waals surface area (Å²) in [6, 6.07) is 0. The van der Waals surface area contributed by atoms with Crippen LogP contribution >= 0.6 is 0 Å². The lowest BCUT2D eigenvalue weighted by Gasteiger charge is -2.49. The van der Waals surface area contributed by atoms with Crippen molar-refractivity contribution in [3.05, 3.63) is 47.6 Å². The summed E-state index contributed by atoms with van der Waals surface area (Å²) in [5.74, 6) is -4.60. The van der Waals surface area contributed by atoms with E-state index in [-0.39, 0.29) is 37.6 Å². The summed E-state index contributed by atoms with van der Waals surface area (Å²) in [4.78, 5) is 13.5. The Bertz CT molecular complexity index is 1400. The fourth-order valence-electron chi connectivity index (χ4n) is 8.73. The Kier molecular flexibility index (Phi) is 17.6. The van der Waals surface area contributed by atoms with Gasteiger partial charge in [0.15, 0.2) is 12.1 Å². The van der Waals surface area contributed by atoms with Gasteiger partial charge in [-0.2, -0.15) is 0 Å². The molecular formula is C44H72O13. The molecule has 3 saturated heterocycles. The van der Waals surface area contributed by atoms with Crippen molar-refractivity contribution in [3.63, 3.8) is 0 Å². The fourth-order valence-corrected chi connectivity index (χ4v) is 8.73. The van der Waals surface area contributed by atoms with Gasteiger partial charge in [0, 0.05) is 49.7 Å². The van der Waals surface area contributed by atoms with Gasteiger partial charge in [0.05, 0.1) is 42.7 Å². The second-order valence-corrected chi connectivity index (χ2v) is 17.3. The molecule has 0 radical (unpaired) electrons. The van der Waals surface area contributed by atoms with Crippen LogP contribution in [-0.2, 0) is 38.0 Å². The Morgan fingerprint density at radius 1 is 1.05 bits per heavy atom. The van der Waals surface area contributed by atoms with Crippen molar-refractivity contribution in [2.75, 3.05) is 13.9 Å². The second-order valence-electron chi connectivity index (χ2n) is 17.3. The number of carbonyl (C=O) groups is 1. The number of fused-ring (bicyclic) bond motifs is 2. The zero-order valence-electron chi connectivity index (χ0n) is 35.8. The maximum atomic E-state index is 13.5. The average molecular weight is 809 g/mol. The van der Waals surface area contributed by atoms with E-state index in [1.54, 1.807) is 32.9 Å². The number of cyclic esters (lactones) is 1. The van der Waals surface area contributed by atoms with Crippen LogP contribution in [0, 0.1) is 23.7 Å². The van der Waals surface area contributed by atoms with Crippen molar-refractivity contribution < 1.29 is 63.5 Å². The smallest absolute Gasteiger partial charge is 0.331 e. The standard InChI is InChI=1S/C44H72O13/c1-11-12-13-16-34-32-20-25(2)15-14-17-35(51-10)41(56-37(46)19-18-26(3)22-43(9,42(32)49)53-24-52-34)28(5)39(47)29(6)44(50)23-36(27(4)30(7)57-44)55-38-21-33(45)40(48)31(8)54-38/h14-15,17-19,22,27-36,38-42,45,47-50H,11-13,16,20-21,23-24H2,1-10H3/b17-14+,19-18-,25-15+,26-22+/t27-,28+,29+,30-,31-,32-,33-,34+,35+,36-,38+,39-,40-,41-,42+,43+,44-/m1/s1. The molecule has 17 atom stereocenters. The van der Waals surface area contributed by atoms with Crippen LogP contribution < -0.4 is 0 Å². The Balaban J connectivity index is 1.61. The first-order chi connectivity index (χ1) is 26.8. The van der Waals surface area contributed by atoms with Gasteiger partial charge in [-0.15, -0.1) is 0 Å². The molecule has 4 rings (SSSR count). The molecule has 4 aliphatic rings. The van der Waals surface area contributed by atoms with E-state index in [2.05, 4.69) is 6.92 Å². The van der Waals surface area contributed by atoms with E-state index in [4.69, 9.17) is 33.2 Å². The monoisotopic (exact) mass is 808 g/mol. The highest BCUT2D eigenvalue weighted by Gasteiger charge is 2.52. The van der Waals surface area contributed by atoms with Crippen LogP contribution in [-0.4, -0.2) is 124 Å². The van der Waals surface area contributed by atoms with Crippen molar-refractivity contribution in [2.24, 2.45) is 23.7 Å². The molecular weight excluding hydrogens is 736 g/mol. The van der Waals surface area contributed by atoms with Crippen LogP contribution in [0.1, 0.15) is 107 Å². The van der Waals surface area contributed by atoms with E-state index in [9.17, 15) is 30.3 Å². The summed E-state index contributed by atoms with van der Waals surface area (Å²) in [5, 5.41) is 56.5. The first-order valence-corrected chi connectivity index (χ1v) is 21.0. The van der Waals surface area contributed by atoms with Crippen molar-refractivity contribution in [1.29, 1.82) is 0 Å². The number of rotatable bonds is 11. The van der Waals surface area contributed by atoms with Crippen LogP contribution in [0.15, 0.2) is 47.6 Å². The summed E-state index contributed by atoms with van der Waals surface area (Å²) in [5.41, 5.74) is 0.589. The Morgan fingerprint density at radius 3 is 2.44 bits per heavy atom. The fraction of sp³-hybridized carbons (Fsp3) is 0.795. The van der Waals surface area contributed by atoms with E-state index in [0.29, 0.717) is 12.0 Å². The lowest BCUT2D eigenvalue weighted by Crippen LogP contribution is -2.59. The van der Waals surface area contributed by atoms with Crippen molar-refractivity contribution in [1.82, 2.24) is 0 Å². The summed E-state index contributed by atoms with van der Waals surface area (Å²) in [6.07, 6.45) is 6.16. The van der Waals surface area contributed by atoms with E-state index in [0.717, 1.165) is 31.3 Å². The Hall–Kier alpha value is -2.01. The third-order valence-electron chi connectivity index (χ3n) is 12.8. The van der Waals surface area contributed by atoms with E-state index in [1.807, 2.05) is 52.8 Å². The topological polar surface area (TPSA) is 183 Å². The van der Waals surface area contributed by atoms with E-state index < -0.39 is 90.4 Å². The van der Waals surface area contributed by atoms with Crippen LogP contribution in [0.5, 0.6) is 0 Å². The predicted octanol–water partition coefficient (Wildman–Crippen LogP) is 5.02. The lowest BCUT2D eigenvalue weighted by molar-refractivity contribution is -0.343. The Morgan fingerprint density at radius 2 is 1.77 bits per heavy atom. The highest BCUT2D eigenvalue weighted by molar-refractivity contribution is 5.82. The van der Waals surface area contributed by atoms with Crippen LogP contribution in [0.25, 0.3) is 0 Å². The van der Waals surface area contributed by atoms with Gasteiger partial charge in [0.2, 0.25) is 0 Å². The summed E-state index contributed by atoms with van der Waals surface area (Å²) in [7, 11) is 1.50. The first kappa shape index (κ1) is 47.7. The highest BCUT2D eigenvalue weighted by Crippen LogP contribution is 2.42. The molecule has 326 valence electrons. The zero-order valence-corrected chi connectivity index (χ0v) is 35.8. The number of hydrogen-bond acceptors (Lipinski definition) is 13. The SMILES string of the molecule is CCCCC[C@@H]1OCO[C@@]2(C)/C=C(C)/C=C\C(=O)O[C@H]([C@@H](C)[C@@H](O)[C@H](C)[C@@]3(O)C[C@@H](O[C@H]4C[C@@H](O)[C@H](O)[C@@H](C)O4)[C@H](C)[C@@H](C)O3)[C@@H](OC)/C=C/C=C(\C)C[C@H]1[C@@H]2O. The number of unbranched alkanes of at least 4 members (excludes halogenated alkanes) is 2. The summed E-state index contributed by atoms with van der Waals surface area (Å²) < 4.78 is 42.7. The van der Waals surface area contributed by atoms with Crippen LogP contribution in [0.2, 0.25) is 0 Å². The molecule has 0 aromatic heterocycles. The van der Waals surface area contributed by atoms with Gasteiger partial charge in [-0.25, -0.2) is 4.79 Å². The molecule has 0 aliphatic carbocycles. The molecule has 3 fully saturated rings. The first-order valence-electron chi connectivity index (χ1n) is 21.0. The summed E-state index contributed by atoms with van der Waals surface area (Å²) >= 11 is 0. The van der Waals surface area contributed by atoms with Crippen molar-refractivity contribution >= 4 is 5.97 Å². The number of hydrogen-bond donors (Lipinski definition) is 5. The quantitative estimate of drug-likeness (QED) is 0.139. The van der Waals surface area contributed by atoms with Crippen LogP contribution in [0.4, 0.5) is 0 Å². The molecule has 4 heterocycles. The number of ether oxygens (including phenoxy) is 7. The van der Waals surface area contributed by atoms with Gasteiger partial charge in [-0.05, 0) is 53.5 Å². The van der Waals surface area contributed by atoms with Gasteiger partial charge < -0.3 is 58.7 Å². The normalized spacial score (nSPS) is 44.6. The van der Waals surface area contributed by atoms with Crippen LogP contribution in [0.3, 0.4) is 0 Å². The minimum Gasteiger partial charge on any atom is -0.456 e. The minimum absolute atomic E-state index is 0.00431. The number of carbonyl (C=O) groups excluding carboxylic acids is 1. The third kappa shape index (κ3) is 12.1. The second kappa shape index (κ2) is 21.0. The molecule has 0 aromatic carbocycles. The lowest BCUT2D eigenvalue weighted by atomic mass is 9.77. The molecule has 2 bridgehead atoms. The number of methoxy groups -OCH3 is 1. The Labute approximate surface area is 340 Å². The number of aliphatic hydroxyl groups is 5. The van der Waals surface area contributed by atoms with Gasteiger partial charge in [0.25, 0.3) is 0 Å². The number of allylic oxidation sites excluding steroid dienone is 5. The molecule has 5 N–H and O–H groups in total. The van der Waals surface area contributed by atoms with Gasteiger partial charge in [0.1, 0.15) is 30.7 Å². The summed E-state index contributed by atoms with van der Waals surface area (Å²) in [6.45, 7) is 16.7. The van der Waals surface area contributed by atoms with E-state index >= 15 is 0 Å². The molecule has 0 aromatic rings. The minimum atomic E-state index is -1.84. The predicted molar refractivity (Wildman–Crippen MR) is 213 cm³/mol. The third-order valence-corrected chi connectivity index (χ3v) is 12.8. The molecule has 13 nitrogen and oxygen atoms in total. The van der Waals surface area contributed by atoms with Crippen molar-refractivity contribution in [3.8, 4) is 0 Å². The molecule has 13 heteroatoms. The van der Waals surface area contributed by atoms with E-state index in [1.165, 1.54) is 13.2 Å². The molecule has 4 aliphatic heterocycles. The molecule has 0 saturated carbocycles. The van der Waals surface area contributed by atoms with Crippen molar-refractivity contribution in [2.45, 2.75) is 186 Å². The molecule has 0 spiro atoms. The maximum absolute atomic E-state index is 13.5. The average Bonchev–Trinajstić information content (AvgIpc) is 3.26. The molecule has 0 unspecified atom stereocenters. The highest BCUT2D eigenvalue weighted by atomic mass is 16.7. The number of esters is 1.